The lowest BCUT2D eigenvalue weighted by molar-refractivity contribution is -0.119. The van der Waals surface area contributed by atoms with Crippen LogP contribution < -0.4 is 5.32 Å². The summed E-state index contributed by atoms with van der Waals surface area (Å²) in [6.45, 7) is 2.20. The van der Waals surface area contributed by atoms with Gasteiger partial charge in [0.25, 0.3) is 0 Å². The van der Waals surface area contributed by atoms with Gasteiger partial charge in [-0.05, 0) is 12.8 Å². The number of nitrogens with one attached hydrogen (secondary N) is 1. The largest absolute Gasteiger partial charge is 0.355 e. The monoisotopic (exact) mass is 262 g/mol. The van der Waals surface area contributed by atoms with Crippen molar-refractivity contribution in [1.82, 2.24) is 9.62 Å². The second-order valence-corrected chi connectivity index (χ2v) is 6.58. The number of sulfonamides is 1. The Labute approximate surface area is 104 Å². The van der Waals surface area contributed by atoms with Gasteiger partial charge in [-0.15, -0.1) is 0 Å². The topological polar surface area (TPSA) is 66.5 Å². The van der Waals surface area contributed by atoms with Gasteiger partial charge in [-0.2, -0.15) is 4.31 Å². The summed E-state index contributed by atoms with van der Waals surface area (Å²) in [6, 6.07) is 0.118. The van der Waals surface area contributed by atoms with Gasteiger partial charge in [-0.25, -0.2) is 8.42 Å². The molecule has 0 aromatic heterocycles. The number of rotatable bonds is 5. The molecular weight excluding hydrogens is 240 g/mol. The van der Waals surface area contributed by atoms with Crippen molar-refractivity contribution in [3.05, 3.63) is 0 Å². The van der Waals surface area contributed by atoms with E-state index in [1.807, 2.05) is 0 Å². The Bertz CT molecular complexity index is 348. The third-order valence-corrected chi connectivity index (χ3v) is 4.45. The first kappa shape index (κ1) is 14.4. The third-order valence-electron chi connectivity index (χ3n) is 3.11. The van der Waals surface area contributed by atoms with Crippen molar-refractivity contribution in [2.75, 3.05) is 19.3 Å². The molecule has 0 aromatic rings. The van der Waals surface area contributed by atoms with E-state index in [1.54, 1.807) is 4.31 Å². The summed E-state index contributed by atoms with van der Waals surface area (Å²) in [5, 5.41) is 2.64. The molecule has 1 aliphatic rings. The van der Waals surface area contributed by atoms with E-state index in [4.69, 9.17) is 0 Å². The van der Waals surface area contributed by atoms with E-state index in [9.17, 15) is 13.2 Å². The SMILES string of the molecule is CC(=O)NCCN(C1CCCCC1)S(C)(=O)=O. The maximum absolute atomic E-state index is 11.7. The molecule has 0 aliphatic heterocycles. The minimum Gasteiger partial charge on any atom is -0.355 e. The summed E-state index contributed by atoms with van der Waals surface area (Å²) in [6.07, 6.45) is 6.50. The fourth-order valence-corrected chi connectivity index (χ4v) is 3.51. The molecule has 1 N–H and O–H groups in total. The molecule has 0 saturated heterocycles. The average molecular weight is 262 g/mol. The number of nitrogens with zero attached hydrogens (tertiary/aromatic N) is 1. The Morgan fingerprint density at radius 2 is 1.88 bits per heavy atom. The second kappa shape index (κ2) is 6.35. The van der Waals surface area contributed by atoms with Crippen LogP contribution in [0, 0.1) is 0 Å². The smallest absolute Gasteiger partial charge is 0.216 e. The first-order valence-corrected chi connectivity index (χ1v) is 7.97. The molecule has 0 unspecified atom stereocenters. The van der Waals surface area contributed by atoms with Gasteiger partial charge in [-0.3, -0.25) is 4.79 Å². The standard InChI is InChI=1S/C11H22N2O3S/c1-10(14)12-8-9-13(17(2,15)16)11-6-4-3-5-7-11/h11H,3-9H2,1-2H3,(H,12,14). The molecule has 0 radical (unpaired) electrons. The summed E-state index contributed by atoms with van der Waals surface area (Å²) in [4.78, 5) is 10.8. The van der Waals surface area contributed by atoms with Gasteiger partial charge in [0, 0.05) is 26.1 Å². The summed E-state index contributed by atoms with van der Waals surface area (Å²) < 4.78 is 25.0. The van der Waals surface area contributed by atoms with Crippen molar-refractivity contribution in [2.45, 2.75) is 45.1 Å². The molecule has 6 heteroatoms. The zero-order chi connectivity index (χ0) is 12.9. The van der Waals surface area contributed by atoms with E-state index in [0.717, 1.165) is 25.7 Å². The number of hydrogen-bond acceptors (Lipinski definition) is 3. The van der Waals surface area contributed by atoms with Gasteiger partial charge in [0.2, 0.25) is 15.9 Å². The number of carbonyl (C=O) groups is 1. The maximum Gasteiger partial charge on any atom is 0.216 e. The van der Waals surface area contributed by atoms with Gasteiger partial charge in [0.1, 0.15) is 0 Å². The van der Waals surface area contributed by atoms with Crippen LogP contribution in [0.15, 0.2) is 0 Å². The Kier molecular flexibility index (Phi) is 5.39. The Hall–Kier alpha value is -0.620. The van der Waals surface area contributed by atoms with E-state index < -0.39 is 10.0 Å². The van der Waals surface area contributed by atoms with Crippen LogP contribution in [0.3, 0.4) is 0 Å². The molecule has 1 rings (SSSR count). The highest BCUT2D eigenvalue weighted by Crippen LogP contribution is 2.23. The van der Waals surface area contributed by atoms with Crippen molar-refractivity contribution in [1.29, 1.82) is 0 Å². The molecule has 0 heterocycles. The van der Waals surface area contributed by atoms with Crippen LogP contribution in [-0.4, -0.2) is 44.0 Å². The van der Waals surface area contributed by atoms with Crippen LogP contribution in [0.2, 0.25) is 0 Å². The normalized spacial score (nSPS) is 18.3. The lowest BCUT2D eigenvalue weighted by Crippen LogP contribution is -2.44. The minimum absolute atomic E-state index is 0.118. The van der Waals surface area contributed by atoms with Crippen LogP contribution in [0.25, 0.3) is 0 Å². The molecule has 0 aromatic carbocycles. The first-order valence-electron chi connectivity index (χ1n) is 6.12. The molecule has 1 aliphatic carbocycles. The molecule has 0 bridgehead atoms. The molecule has 1 saturated carbocycles. The summed E-state index contributed by atoms with van der Waals surface area (Å²) in [7, 11) is -3.18. The second-order valence-electron chi connectivity index (χ2n) is 4.65. The highest BCUT2D eigenvalue weighted by Gasteiger charge is 2.27. The van der Waals surface area contributed by atoms with E-state index in [-0.39, 0.29) is 11.9 Å². The Balaban J connectivity index is 2.57. The predicted molar refractivity (Wildman–Crippen MR) is 67.1 cm³/mol. The van der Waals surface area contributed by atoms with Gasteiger partial charge in [0.15, 0.2) is 0 Å². The average Bonchev–Trinajstić information content (AvgIpc) is 2.23. The molecule has 1 fully saturated rings. The fraction of sp³-hybridized carbons (Fsp3) is 0.909. The molecule has 1 amide bonds. The maximum atomic E-state index is 11.7. The molecule has 0 atom stereocenters. The number of carbonyl (C=O) groups excluding carboxylic acids is 1. The van der Waals surface area contributed by atoms with Crippen molar-refractivity contribution >= 4 is 15.9 Å². The highest BCUT2D eigenvalue weighted by atomic mass is 32.2. The first-order chi connectivity index (χ1) is 7.91. The Morgan fingerprint density at radius 1 is 1.29 bits per heavy atom. The zero-order valence-corrected chi connectivity index (χ0v) is 11.4. The van der Waals surface area contributed by atoms with Crippen molar-refractivity contribution < 1.29 is 13.2 Å². The quantitative estimate of drug-likeness (QED) is 0.794. The van der Waals surface area contributed by atoms with Crippen molar-refractivity contribution in [2.24, 2.45) is 0 Å². The summed E-state index contributed by atoms with van der Waals surface area (Å²) in [5.74, 6) is -0.123. The van der Waals surface area contributed by atoms with Gasteiger partial charge in [-0.1, -0.05) is 19.3 Å². The molecular formula is C11H22N2O3S. The highest BCUT2D eigenvalue weighted by molar-refractivity contribution is 7.88. The molecule has 0 spiro atoms. The van der Waals surface area contributed by atoms with Crippen LogP contribution in [0.4, 0.5) is 0 Å². The van der Waals surface area contributed by atoms with Gasteiger partial charge < -0.3 is 5.32 Å². The van der Waals surface area contributed by atoms with Crippen molar-refractivity contribution in [3.8, 4) is 0 Å². The molecule has 100 valence electrons. The Morgan fingerprint density at radius 3 is 2.35 bits per heavy atom. The lowest BCUT2D eigenvalue weighted by Gasteiger charge is -2.32. The van der Waals surface area contributed by atoms with Gasteiger partial charge >= 0.3 is 0 Å². The predicted octanol–water partition coefficient (Wildman–Crippen LogP) is 0.717. The van der Waals surface area contributed by atoms with Crippen LogP contribution >= 0.6 is 0 Å². The number of amides is 1. The number of hydrogen-bond donors (Lipinski definition) is 1. The van der Waals surface area contributed by atoms with E-state index in [0.29, 0.717) is 13.1 Å². The van der Waals surface area contributed by atoms with E-state index in [1.165, 1.54) is 19.6 Å². The van der Waals surface area contributed by atoms with Crippen molar-refractivity contribution in [3.63, 3.8) is 0 Å². The summed E-state index contributed by atoms with van der Waals surface area (Å²) >= 11 is 0. The van der Waals surface area contributed by atoms with Crippen LogP contribution in [0.1, 0.15) is 39.0 Å². The van der Waals surface area contributed by atoms with E-state index >= 15 is 0 Å². The summed E-state index contributed by atoms with van der Waals surface area (Å²) in [5.41, 5.74) is 0. The van der Waals surface area contributed by atoms with Gasteiger partial charge in [0.05, 0.1) is 6.26 Å². The van der Waals surface area contributed by atoms with E-state index in [2.05, 4.69) is 5.32 Å². The van der Waals surface area contributed by atoms with Crippen LogP contribution in [-0.2, 0) is 14.8 Å². The minimum atomic E-state index is -3.18. The zero-order valence-electron chi connectivity index (χ0n) is 10.6. The fourth-order valence-electron chi connectivity index (χ4n) is 2.33. The third kappa shape index (κ3) is 5.04. The lowest BCUT2D eigenvalue weighted by atomic mass is 9.95. The van der Waals surface area contributed by atoms with Crippen LogP contribution in [0.5, 0.6) is 0 Å². The molecule has 5 nitrogen and oxygen atoms in total. The molecule has 17 heavy (non-hydrogen) atoms.